The first-order chi connectivity index (χ1) is 6.93. The fourth-order valence-corrected chi connectivity index (χ4v) is 0.441. The molecule has 0 saturated carbocycles. The predicted molar refractivity (Wildman–Crippen MR) is 48.3 cm³/mol. The number of aliphatic hydroxyl groups is 2. The third-order valence-electron chi connectivity index (χ3n) is 1.13. The predicted octanol–water partition coefficient (Wildman–Crippen LogP) is -1.13. The molecule has 15 heavy (non-hydrogen) atoms. The molecule has 0 saturated heterocycles. The Morgan fingerprint density at radius 3 is 1.27 bits per heavy atom. The van der Waals surface area contributed by atoms with E-state index in [1.165, 1.54) is 0 Å². The summed E-state index contributed by atoms with van der Waals surface area (Å²) in [5, 5.41) is 31.7. The summed E-state index contributed by atoms with van der Waals surface area (Å²) in [6.07, 6.45) is 0.0866. The van der Waals surface area contributed by atoms with Crippen molar-refractivity contribution in [3.8, 4) is 0 Å². The molecule has 0 aromatic carbocycles. The first kappa shape index (κ1) is 16.0. The van der Waals surface area contributed by atoms with Crippen LogP contribution in [0.15, 0.2) is 0 Å². The standard InChI is InChI=1S/C5H8O4.C3H6O3/c6-4(7)2-1-3-5(8)9;4-1-3(6)2-5/h1-3H2,(H,6,7)(H,8,9);4-5H,1-2H2. The van der Waals surface area contributed by atoms with Gasteiger partial charge in [-0.25, -0.2) is 0 Å². The molecule has 0 aromatic heterocycles. The normalized spacial score (nSPS) is 8.67. The average Bonchev–Trinajstić information content (AvgIpc) is 2.16. The van der Waals surface area contributed by atoms with E-state index in [4.69, 9.17) is 20.4 Å². The quantitative estimate of drug-likeness (QED) is 0.446. The van der Waals surface area contributed by atoms with E-state index in [9.17, 15) is 14.4 Å². The van der Waals surface area contributed by atoms with Crippen LogP contribution in [0.3, 0.4) is 0 Å². The molecule has 0 radical (unpaired) electrons. The molecule has 7 nitrogen and oxygen atoms in total. The van der Waals surface area contributed by atoms with Crippen molar-refractivity contribution in [2.75, 3.05) is 13.2 Å². The maximum absolute atomic E-state index is 9.79. The minimum absolute atomic E-state index is 0.0632. The van der Waals surface area contributed by atoms with Crippen LogP contribution < -0.4 is 0 Å². The van der Waals surface area contributed by atoms with E-state index in [1.54, 1.807) is 0 Å². The van der Waals surface area contributed by atoms with Gasteiger partial charge in [-0.1, -0.05) is 0 Å². The van der Waals surface area contributed by atoms with Crippen LogP contribution in [0, 0.1) is 0 Å². The molecule has 0 heterocycles. The highest BCUT2D eigenvalue weighted by Gasteiger charge is 1.99. The van der Waals surface area contributed by atoms with Crippen LogP contribution in [0.25, 0.3) is 0 Å². The first-order valence-electron chi connectivity index (χ1n) is 4.11. The van der Waals surface area contributed by atoms with Crippen molar-refractivity contribution in [1.82, 2.24) is 0 Å². The molecule has 0 spiro atoms. The molecule has 0 bridgehead atoms. The van der Waals surface area contributed by atoms with Crippen LogP contribution in [0.2, 0.25) is 0 Å². The second kappa shape index (κ2) is 10.6. The van der Waals surface area contributed by atoms with Crippen LogP contribution in [0.1, 0.15) is 19.3 Å². The van der Waals surface area contributed by atoms with Gasteiger partial charge in [0.25, 0.3) is 0 Å². The number of carboxylic acid groups (broad SMARTS) is 2. The Morgan fingerprint density at radius 2 is 1.13 bits per heavy atom. The van der Waals surface area contributed by atoms with E-state index in [0.29, 0.717) is 0 Å². The lowest BCUT2D eigenvalue weighted by molar-refractivity contribution is -0.138. The summed E-state index contributed by atoms with van der Waals surface area (Å²) in [5.41, 5.74) is 0. The summed E-state index contributed by atoms with van der Waals surface area (Å²) in [6, 6.07) is 0. The molecule has 0 amide bonds. The lowest BCUT2D eigenvalue weighted by Crippen LogP contribution is -2.07. The minimum Gasteiger partial charge on any atom is -0.481 e. The maximum Gasteiger partial charge on any atom is 0.303 e. The fourth-order valence-electron chi connectivity index (χ4n) is 0.441. The molecule has 0 atom stereocenters. The maximum atomic E-state index is 9.79. The molecule has 7 heteroatoms. The topological polar surface area (TPSA) is 132 Å². The summed E-state index contributed by atoms with van der Waals surface area (Å²) in [4.78, 5) is 29.3. The largest absolute Gasteiger partial charge is 0.481 e. The smallest absolute Gasteiger partial charge is 0.303 e. The molecule has 88 valence electrons. The molecular formula is C8H14O7. The van der Waals surface area contributed by atoms with Crippen molar-refractivity contribution in [3.05, 3.63) is 0 Å². The Morgan fingerprint density at radius 1 is 0.800 bits per heavy atom. The number of ketones is 1. The second-order valence-corrected chi connectivity index (χ2v) is 2.50. The van der Waals surface area contributed by atoms with Crippen molar-refractivity contribution >= 4 is 17.7 Å². The number of aliphatic hydroxyl groups excluding tert-OH is 2. The third kappa shape index (κ3) is 19.1. The number of carboxylic acids is 2. The van der Waals surface area contributed by atoms with Crippen molar-refractivity contribution in [2.24, 2.45) is 0 Å². The molecule has 0 aliphatic carbocycles. The van der Waals surface area contributed by atoms with Crippen molar-refractivity contribution in [1.29, 1.82) is 0 Å². The van der Waals surface area contributed by atoms with Gasteiger partial charge in [0.15, 0.2) is 5.78 Å². The van der Waals surface area contributed by atoms with E-state index in [1.807, 2.05) is 0 Å². The monoisotopic (exact) mass is 222 g/mol. The summed E-state index contributed by atoms with van der Waals surface area (Å²) in [5.74, 6) is -2.44. The van der Waals surface area contributed by atoms with Gasteiger partial charge in [-0.3, -0.25) is 14.4 Å². The Labute approximate surface area is 86.0 Å². The number of rotatable bonds is 6. The van der Waals surface area contributed by atoms with Gasteiger partial charge in [-0.15, -0.1) is 0 Å². The first-order valence-corrected chi connectivity index (χ1v) is 4.11. The van der Waals surface area contributed by atoms with Crippen molar-refractivity contribution < 1.29 is 34.8 Å². The number of carbonyl (C=O) groups is 3. The fraction of sp³-hybridized carbons (Fsp3) is 0.625. The van der Waals surface area contributed by atoms with Crippen molar-refractivity contribution in [2.45, 2.75) is 19.3 Å². The molecule has 0 aromatic rings. The van der Waals surface area contributed by atoms with E-state index < -0.39 is 30.9 Å². The van der Waals surface area contributed by atoms with Gasteiger partial charge in [-0.05, 0) is 6.42 Å². The number of Topliss-reactive ketones (excluding diaryl/α,β-unsaturated/α-hetero) is 1. The molecule has 0 rings (SSSR count). The highest BCUT2D eigenvalue weighted by atomic mass is 16.4. The zero-order valence-electron chi connectivity index (χ0n) is 8.05. The van der Waals surface area contributed by atoms with Gasteiger partial charge in [0, 0.05) is 12.8 Å². The Bertz CT molecular complexity index is 191. The van der Waals surface area contributed by atoms with Gasteiger partial charge < -0.3 is 20.4 Å². The van der Waals surface area contributed by atoms with Gasteiger partial charge in [-0.2, -0.15) is 0 Å². The zero-order chi connectivity index (χ0) is 12.3. The molecular weight excluding hydrogens is 208 g/mol. The minimum atomic E-state index is -0.948. The lowest BCUT2D eigenvalue weighted by atomic mass is 10.2. The Balaban J connectivity index is 0. The van der Waals surface area contributed by atoms with Crippen molar-refractivity contribution in [3.63, 3.8) is 0 Å². The van der Waals surface area contributed by atoms with E-state index in [-0.39, 0.29) is 19.3 Å². The van der Waals surface area contributed by atoms with E-state index >= 15 is 0 Å². The third-order valence-corrected chi connectivity index (χ3v) is 1.13. The van der Waals surface area contributed by atoms with Gasteiger partial charge in [0.05, 0.1) is 0 Å². The Hall–Kier alpha value is -1.47. The molecule has 0 unspecified atom stereocenters. The average molecular weight is 222 g/mol. The van der Waals surface area contributed by atoms with Crippen LogP contribution in [0.5, 0.6) is 0 Å². The van der Waals surface area contributed by atoms with Crippen LogP contribution in [0.4, 0.5) is 0 Å². The van der Waals surface area contributed by atoms with Gasteiger partial charge in [0.1, 0.15) is 13.2 Å². The lowest BCUT2D eigenvalue weighted by Gasteiger charge is -1.89. The van der Waals surface area contributed by atoms with Crippen LogP contribution in [-0.2, 0) is 14.4 Å². The molecule has 0 aliphatic heterocycles. The number of carbonyl (C=O) groups excluding carboxylic acids is 1. The molecule has 0 fully saturated rings. The van der Waals surface area contributed by atoms with Gasteiger partial charge in [0.2, 0.25) is 0 Å². The molecule has 4 N–H and O–H groups in total. The number of aliphatic carboxylic acids is 2. The zero-order valence-corrected chi connectivity index (χ0v) is 8.05. The highest BCUT2D eigenvalue weighted by Crippen LogP contribution is 1.93. The summed E-state index contributed by atoms with van der Waals surface area (Å²) in [7, 11) is 0. The van der Waals surface area contributed by atoms with Gasteiger partial charge >= 0.3 is 11.9 Å². The summed E-state index contributed by atoms with van der Waals surface area (Å²) in [6.45, 7) is -1.12. The number of hydrogen-bond acceptors (Lipinski definition) is 5. The summed E-state index contributed by atoms with van der Waals surface area (Å²) >= 11 is 0. The van der Waals surface area contributed by atoms with Crippen LogP contribution >= 0.6 is 0 Å². The molecule has 0 aliphatic rings. The van der Waals surface area contributed by atoms with Crippen LogP contribution in [-0.4, -0.2) is 51.4 Å². The summed E-state index contributed by atoms with van der Waals surface area (Å²) < 4.78 is 0. The second-order valence-electron chi connectivity index (χ2n) is 2.50. The van der Waals surface area contributed by atoms with E-state index in [2.05, 4.69) is 0 Å². The Kier molecular flexibility index (Phi) is 11.3. The SMILES string of the molecule is O=C(CO)CO.O=C(O)CCCC(=O)O. The highest BCUT2D eigenvalue weighted by molar-refractivity contribution is 5.80. The number of hydrogen-bond donors (Lipinski definition) is 4. The van der Waals surface area contributed by atoms with E-state index in [0.717, 1.165) is 0 Å².